The summed E-state index contributed by atoms with van der Waals surface area (Å²) in [4.78, 5) is 0.135. The molecule has 0 atom stereocenters. The Hall–Kier alpha value is -1.76. The zero-order valence-corrected chi connectivity index (χ0v) is 12.3. The number of aliphatic hydroxyl groups is 1. The maximum Gasteiger partial charge on any atom is 0.241 e. The Morgan fingerprint density at radius 2 is 1.71 bits per heavy atom. The fourth-order valence-electron chi connectivity index (χ4n) is 1.89. The summed E-state index contributed by atoms with van der Waals surface area (Å²) in [5, 5.41) is 9.10. The lowest BCUT2D eigenvalue weighted by Crippen LogP contribution is -2.24. The second-order valence-electron chi connectivity index (χ2n) is 4.71. The first-order chi connectivity index (χ1) is 9.92. The minimum absolute atomic E-state index is 0.0748. The van der Waals surface area contributed by atoms with Crippen LogP contribution in [0.5, 0.6) is 0 Å². The molecule has 0 aliphatic heterocycles. The molecule has 2 aromatic rings. The number of benzene rings is 2. The Kier molecular flexibility index (Phi) is 4.72. The van der Waals surface area contributed by atoms with Crippen molar-refractivity contribution in [1.29, 1.82) is 0 Å². The van der Waals surface area contributed by atoms with Crippen LogP contribution in [-0.2, 0) is 23.2 Å². The molecule has 2 aromatic carbocycles. The lowest BCUT2D eigenvalue weighted by atomic mass is 10.2. The van der Waals surface area contributed by atoms with Gasteiger partial charge in [0.2, 0.25) is 10.0 Å². The lowest BCUT2D eigenvalue weighted by Gasteiger charge is -2.10. The molecule has 2 N–H and O–H groups in total. The normalized spacial score (nSPS) is 11.6. The second-order valence-corrected chi connectivity index (χ2v) is 6.44. The van der Waals surface area contributed by atoms with E-state index in [1.165, 1.54) is 30.3 Å². The third kappa shape index (κ3) is 3.87. The van der Waals surface area contributed by atoms with Gasteiger partial charge in [-0.05, 0) is 41.8 Å². The van der Waals surface area contributed by atoms with Gasteiger partial charge in [-0.25, -0.2) is 17.5 Å². The molecule has 2 rings (SSSR count). The van der Waals surface area contributed by atoms with Crippen LogP contribution in [-0.4, -0.2) is 13.5 Å². The van der Waals surface area contributed by atoms with E-state index in [4.69, 9.17) is 5.11 Å². The maximum atomic E-state index is 12.8. The highest BCUT2D eigenvalue weighted by Gasteiger charge is 2.17. The number of halogens is 1. The maximum absolute atomic E-state index is 12.8. The molecule has 0 heterocycles. The summed E-state index contributed by atoms with van der Waals surface area (Å²) in [6.07, 6.45) is 0. The summed E-state index contributed by atoms with van der Waals surface area (Å²) < 4.78 is 39.9. The largest absolute Gasteiger partial charge is 0.392 e. The molecular weight excluding hydrogens is 293 g/mol. The van der Waals surface area contributed by atoms with Gasteiger partial charge in [-0.2, -0.15) is 0 Å². The van der Waals surface area contributed by atoms with Crippen LogP contribution >= 0.6 is 0 Å². The van der Waals surface area contributed by atoms with E-state index in [1.54, 1.807) is 19.1 Å². The SMILES string of the molecule is Cc1ccc(CO)cc1S(=O)(=O)NCc1ccc(F)cc1. The molecule has 21 heavy (non-hydrogen) atoms. The lowest BCUT2D eigenvalue weighted by molar-refractivity contribution is 0.281. The number of sulfonamides is 1. The quantitative estimate of drug-likeness (QED) is 0.889. The zero-order valence-electron chi connectivity index (χ0n) is 11.5. The van der Waals surface area contributed by atoms with Gasteiger partial charge < -0.3 is 5.11 Å². The molecule has 0 fully saturated rings. The Bertz CT molecular complexity index is 727. The van der Waals surface area contributed by atoms with E-state index in [1.807, 2.05) is 0 Å². The molecule has 0 radical (unpaired) electrons. The van der Waals surface area contributed by atoms with Crippen molar-refractivity contribution in [1.82, 2.24) is 4.72 Å². The molecule has 0 aromatic heterocycles. The van der Waals surface area contributed by atoms with Gasteiger partial charge in [-0.15, -0.1) is 0 Å². The van der Waals surface area contributed by atoms with Gasteiger partial charge in [0, 0.05) is 6.54 Å². The molecule has 0 saturated carbocycles. The molecule has 0 saturated heterocycles. The van der Waals surface area contributed by atoms with Gasteiger partial charge in [0.05, 0.1) is 11.5 Å². The molecule has 0 amide bonds. The van der Waals surface area contributed by atoms with Crippen LogP contribution in [0.15, 0.2) is 47.4 Å². The minimum Gasteiger partial charge on any atom is -0.392 e. The van der Waals surface area contributed by atoms with Crippen LogP contribution in [0.1, 0.15) is 16.7 Å². The first-order valence-corrected chi connectivity index (χ1v) is 7.85. The molecule has 4 nitrogen and oxygen atoms in total. The summed E-state index contributed by atoms with van der Waals surface area (Å²) in [5.74, 6) is -0.368. The number of hydrogen-bond donors (Lipinski definition) is 2. The van der Waals surface area contributed by atoms with Crippen molar-refractivity contribution in [2.45, 2.75) is 25.0 Å². The molecule has 0 bridgehead atoms. The van der Waals surface area contributed by atoms with E-state index in [0.29, 0.717) is 16.7 Å². The monoisotopic (exact) mass is 309 g/mol. The van der Waals surface area contributed by atoms with Crippen LogP contribution in [0.3, 0.4) is 0 Å². The van der Waals surface area contributed by atoms with E-state index in [-0.39, 0.29) is 23.9 Å². The Morgan fingerprint density at radius 1 is 1.10 bits per heavy atom. The van der Waals surface area contributed by atoms with E-state index < -0.39 is 10.0 Å². The number of aryl methyl sites for hydroxylation is 1. The molecule has 0 unspecified atom stereocenters. The number of aliphatic hydroxyl groups excluding tert-OH is 1. The number of nitrogens with one attached hydrogen (secondary N) is 1. The Balaban J connectivity index is 2.20. The topological polar surface area (TPSA) is 66.4 Å². The second kappa shape index (κ2) is 6.34. The highest BCUT2D eigenvalue weighted by molar-refractivity contribution is 7.89. The molecule has 0 aliphatic carbocycles. The first kappa shape index (κ1) is 15.6. The van der Waals surface area contributed by atoms with Crippen LogP contribution in [0, 0.1) is 12.7 Å². The van der Waals surface area contributed by atoms with E-state index in [9.17, 15) is 12.8 Å². The van der Waals surface area contributed by atoms with Gasteiger partial charge >= 0.3 is 0 Å². The molecule has 0 aliphatic rings. The predicted molar refractivity (Wildman–Crippen MR) is 77.5 cm³/mol. The fraction of sp³-hybridized carbons (Fsp3) is 0.200. The standard InChI is InChI=1S/C15H16FNO3S/c1-11-2-3-13(10-18)8-15(11)21(19,20)17-9-12-4-6-14(16)7-5-12/h2-8,17-18H,9-10H2,1H3. The van der Waals surface area contributed by atoms with E-state index >= 15 is 0 Å². The van der Waals surface area contributed by atoms with Crippen LogP contribution in [0.4, 0.5) is 4.39 Å². The van der Waals surface area contributed by atoms with Gasteiger partial charge in [0.1, 0.15) is 5.82 Å². The van der Waals surface area contributed by atoms with Crippen molar-refractivity contribution >= 4 is 10.0 Å². The molecule has 6 heteroatoms. The highest BCUT2D eigenvalue weighted by Crippen LogP contribution is 2.17. The molecular formula is C15H16FNO3S. The Morgan fingerprint density at radius 3 is 2.33 bits per heavy atom. The summed E-state index contributed by atoms with van der Waals surface area (Å²) >= 11 is 0. The predicted octanol–water partition coefficient (Wildman–Crippen LogP) is 2.10. The Labute approximate surface area is 123 Å². The van der Waals surface area contributed by atoms with Crippen LogP contribution < -0.4 is 4.72 Å². The van der Waals surface area contributed by atoms with Gasteiger partial charge in [0.15, 0.2) is 0 Å². The van der Waals surface area contributed by atoms with E-state index in [2.05, 4.69) is 4.72 Å². The molecule has 112 valence electrons. The fourth-order valence-corrected chi connectivity index (χ4v) is 3.20. The van der Waals surface area contributed by atoms with Crippen LogP contribution in [0.25, 0.3) is 0 Å². The van der Waals surface area contributed by atoms with Gasteiger partial charge in [-0.3, -0.25) is 0 Å². The summed E-state index contributed by atoms with van der Waals surface area (Å²) in [7, 11) is -3.69. The number of rotatable bonds is 5. The summed E-state index contributed by atoms with van der Waals surface area (Å²) in [5.41, 5.74) is 1.79. The number of hydrogen-bond acceptors (Lipinski definition) is 3. The minimum atomic E-state index is -3.69. The summed E-state index contributed by atoms with van der Waals surface area (Å²) in [6.45, 7) is 1.54. The highest BCUT2D eigenvalue weighted by atomic mass is 32.2. The van der Waals surface area contributed by atoms with Crippen molar-refractivity contribution in [3.8, 4) is 0 Å². The average Bonchev–Trinajstić information content (AvgIpc) is 2.47. The summed E-state index contributed by atoms with van der Waals surface area (Å²) in [6, 6.07) is 10.4. The van der Waals surface area contributed by atoms with Crippen molar-refractivity contribution in [3.63, 3.8) is 0 Å². The van der Waals surface area contributed by atoms with E-state index in [0.717, 1.165) is 0 Å². The van der Waals surface area contributed by atoms with Crippen molar-refractivity contribution < 1.29 is 17.9 Å². The first-order valence-electron chi connectivity index (χ1n) is 6.37. The van der Waals surface area contributed by atoms with Crippen LogP contribution in [0.2, 0.25) is 0 Å². The smallest absolute Gasteiger partial charge is 0.241 e. The zero-order chi connectivity index (χ0) is 15.5. The molecule has 0 spiro atoms. The van der Waals surface area contributed by atoms with Gasteiger partial charge in [-0.1, -0.05) is 24.3 Å². The third-order valence-electron chi connectivity index (χ3n) is 3.10. The van der Waals surface area contributed by atoms with Crippen molar-refractivity contribution in [3.05, 3.63) is 65.0 Å². The average molecular weight is 309 g/mol. The third-order valence-corrected chi connectivity index (χ3v) is 4.65. The van der Waals surface area contributed by atoms with Crippen molar-refractivity contribution in [2.24, 2.45) is 0 Å². The van der Waals surface area contributed by atoms with Crippen molar-refractivity contribution in [2.75, 3.05) is 0 Å². The van der Waals surface area contributed by atoms with Gasteiger partial charge in [0.25, 0.3) is 0 Å².